The van der Waals surface area contributed by atoms with Crippen molar-refractivity contribution in [2.45, 2.75) is 29.0 Å². The molecule has 0 spiro atoms. The van der Waals surface area contributed by atoms with Crippen LogP contribution < -0.4 is 5.32 Å². The van der Waals surface area contributed by atoms with Crippen LogP contribution in [0.1, 0.15) is 18.5 Å². The maximum atomic E-state index is 5.59. The SMILES string of the molecule is c1ccn2cc(CSc3nnc(NCC4CCCO4)s3)nc2c1. The lowest BCUT2D eigenvalue weighted by Gasteiger charge is -2.08. The Morgan fingerprint density at radius 1 is 1.39 bits per heavy atom. The highest BCUT2D eigenvalue weighted by Gasteiger charge is 2.16. The Hall–Kier alpha value is -1.64. The van der Waals surface area contributed by atoms with Crippen molar-refractivity contribution in [3.05, 3.63) is 36.3 Å². The summed E-state index contributed by atoms with van der Waals surface area (Å²) in [7, 11) is 0. The van der Waals surface area contributed by atoms with E-state index < -0.39 is 0 Å². The quantitative estimate of drug-likeness (QED) is 0.692. The average Bonchev–Trinajstić information content (AvgIpc) is 3.30. The number of hydrogen-bond acceptors (Lipinski definition) is 7. The van der Waals surface area contributed by atoms with Gasteiger partial charge in [0.1, 0.15) is 5.65 Å². The first-order valence-corrected chi connectivity index (χ1v) is 9.41. The minimum atomic E-state index is 0.313. The number of anilines is 1. The Morgan fingerprint density at radius 3 is 3.26 bits per heavy atom. The molecule has 0 aliphatic carbocycles. The monoisotopic (exact) mass is 347 g/mol. The van der Waals surface area contributed by atoms with Crippen LogP contribution in [0.5, 0.6) is 0 Å². The number of imidazole rings is 1. The van der Waals surface area contributed by atoms with Gasteiger partial charge in [0.05, 0.1) is 11.8 Å². The van der Waals surface area contributed by atoms with Gasteiger partial charge in [-0.3, -0.25) is 0 Å². The number of aromatic nitrogens is 4. The van der Waals surface area contributed by atoms with Crippen LogP contribution in [0, 0.1) is 0 Å². The smallest absolute Gasteiger partial charge is 0.206 e. The lowest BCUT2D eigenvalue weighted by molar-refractivity contribution is 0.120. The van der Waals surface area contributed by atoms with Crippen molar-refractivity contribution in [1.29, 1.82) is 0 Å². The molecule has 0 radical (unpaired) electrons. The number of ether oxygens (including phenoxy) is 1. The summed E-state index contributed by atoms with van der Waals surface area (Å²) in [6.07, 6.45) is 6.66. The van der Waals surface area contributed by atoms with E-state index in [0.29, 0.717) is 6.10 Å². The molecule has 1 saturated heterocycles. The largest absolute Gasteiger partial charge is 0.376 e. The topological polar surface area (TPSA) is 64.3 Å². The molecule has 4 rings (SSSR count). The molecule has 4 heterocycles. The van der Waals surface area contributed by atoms with Crippen LogP contribution in [0.4, 0.5) is 5.13 Å². The summed E-state index contributed by atoms with van der Waals surface area (Å²) < 4.78 is 8.58. The van der Waals surface area contributed by atoms with Gasteiger partial charge in [0, 0.05) is 31.3 Å². The summed E-state index contributed by atoms with van der Waals surface area (Å²) in [5.41, 5.74) is 2.02. The number of thioether (sulfide) groups is 1. The predicted molar refractivity (Wildman–Crippen MR) is 92.1 cm³/mol. The van der Waals surface area contributed by atoms with Gasteiger partial charge in [-0.2, -0.15) is 0 Å². The zero-order valence-corrected chi connectivity index (χ0v) is 14.1. The Bertz CT molecular complexity index is 748. The second-order valence-corrected chi connectivity index (χ2v) is 7.58. The molecule has 0 saturated carbocycles. The van der Waals surface area contributed by atoms with Gasteiger partial charge < -0.3 is 14.5 Å². The van der Waals surface area contributed by atoms with Crippen LogP contribution in [0.15, 0.2) is 34.9 Å². The van der Waals surface area contributed by atoms with Crippen molar-refractivity contribution in [1.82, 2.24) is 19.6 Å². The van der Waals surface area contributed by atoms with E-state index in [9.17, 15) is 0 Å². The van der Waals surface area contributed by atoms with E-state index in [-0.39, 0.29) is 0 Å². The van der Waals surface area contributed by atoms with Crippen molar-refractivity contribution in [2.75, 3.05) is 18.5 Å². The molecule has 1 atom stereocenters. The molecule has 120 valence electrons. The van der Waals surface area contributed by atoms with E-state index in [1.165, 1.54) is 0 Å². The molecule has 8 heteroatoms. The third-order valence-corrected chi connectivity index (χ3v) is 5.72. The first-order valence-electron chi connectivity index (χ1n) is 7.61. The molecule has 23 heavy (non-hydrogen) atoms. The maximum absolute atomic E-state index is 5.59. The molecule has 0 amide bonds. The van der Waals surface area contributed by atoms with Gasteiger partial charge in [-0.1, -0.05) is 29.2 Å². The minimum absolute atomic E-state index is 0.313. The van der Waals surface area contributed by atoms with Crippen molar-refractivity contribution in [3.63, 3.8) is 0 Å². The molecule has 1 N–H and O–H groups in total. The zero-order chi connectivity index (χ0) is 15.5. The Kier molecular flexibility index (Phi) is 4.45. The van der Waals surface area contributed by atoms with Gasteiger partial charge in [0.15, 0.2) is 4.34 Å². The van der Waals surface area contributed by atoms with Crippen molar-refractivity contribution < 1.29 is 4.74 Å². The van der Waals surface area contributed by atoms with E-state index in [0.717, 1.165) is 52.6 Å². The molecule has 1 aliphatic rings. The number of nitrogens with zero attached hydrogens (tertiary/aromatic N) is 4. The van der Waals surface area contributed by atoms with Crippen LogP contribution in [0.25, 0.3) is 5.65 Å². The van der Waals surface area contributed by atoms with Crippen molar-refractivity contribution in [3.8, 4) is 0 Å². The van der Waals surface area contributed by atoms with Crippen LogP contribution >= 0.6 is 23.1 Å². The van der Waals surface area contributed by atoms with Crippen LogP contribution in [-0.2, 0) is 10.5 Å². The lowest BCUT2D eigenvalue weighted by Crippen LogP contribution is -2.18. The highest BCUT2D eigenvalue weighted by molar-refractivity contribution is 8.00. The molecule has 1 unspecified atom stereocenters. The zero-order valence-electron chi connectivity index (χ0n) is 12.5. The van der Waals surface area contributed by atoms with Crippen LogP contribution in [-0.4, -0.2) is 38.8 Å². The lowest BCUT2D eigenvalue weighted by atomic mass is 10.2. The fourth-order valence-corrected chi connectivity index (χ4v) is 4.18. The van der Waals surface area contributed by atoms with E-state index in [4.69, 9.17) is 4.74 Å². The molecule has 3 aromatic rings. The van der Waals surface area contributed by atoms with Crippen molar-refractivity contribution in [2.24, 2.45) is 0 Å². The second kappa shape index (κ2) is 6.86. The molecule has 0 aromatic carbocycles. The second-order valence-electron chi connectivity index (χ2n) is 5.38. The third-order valence-electron chi connectivity index (χ3n) is 3.67. The standard InChI is InChI=1S/C15H17N5OS2/c1-2-6-20-9-11(17-13(20)5-1)10-22-15-19-18-14(23-15)16-8-12-4-3-7-21-12/h1-2,5-6,9,12H,3-4,7-8,10H2,(H,16,18). The molecule has 1 aliphatic heterocycles. The Labute approximate surface area is 142 Å². The minimum Gasteiger partial charge on any atom is -0.376 e. The average molecular weight is 347 g/mol. The normalized spacial score (nSPS) is 17.8. The molecule has 6 nitrogen and oxygen atoms in total. The van der Waals surface area contributed by atoms with Gasteiger partial charge in [-0.25, -0.2) is 4.98 Å². The Balaban J connectivity index is 1.32. The van der Waals surface area contributed by atoms with Gasteiger partial charge in [0.25, 0.3) is 0 Å². The number of pyridine rings is 1. The summed E-state index contributed by atoms with van der Waals surface area (Å²) in [6, 6.07) is 6.00. The Morgan fingerprint density at radius 2 is 2.39 bits per heavy atom. The molecular formula is C15H17N5OS2. The van der Waals surface area contributed by atoms with Gasteiger partial charge in [0.2, 0.25) is 5.13 Å². The van der Waals surface area contributed by atoms with Gasteiger partial charge in [-0.15, -0.1) is 10.2 Å². The number of nitrogens with one attached hydrogen (secondary N) is 1. The third kappa shape index (κ3) is 3.65. The predicted octanol–water partition coefficient (Wildman–Crippen LogP) is 3.07. The number of rotatable bonds is 6. The van der Waals surface area contributed by atoms with E-state index in [1.807, 2.05) is 28.8 Å². The number of fused-ring (bicyclic) bond motifs is 1. The fourth-order valence-electron chi connectivity index (χ4n) is 2.54. The van der Waals surface area contributed by atoms with E-state index in [1.54, 1.807) is 23.1 Å². The van der Waals surface area contributed by atoms with Gasteiger partial charge in [-0.05, 0) is 25.0 Å². The summed E-state index contributed by atoms with van der Waals surface area (Å²) >= 11 is 3.25. The number of hydrogen-bond donors (Lipinski definition) is 1. The van der Waals surface area contributed by atoms with E-state index >= 15 is 0 Å². The van der Waals surface area contributed by atoms with Crippen molar-refractivity contribution >= 4 is 33.9 Å². The fraction of sp³-hybridized carbons (Fsp3) is 0.400. The van der Waals surface area contributed by atoms with E-state index in [2.05, 4.69) is 26.7 Å². The summed E-state index contributed by atoms with van der Waals surface area (Å²) in [6.45, 7) is 1.69. The van der Waals surface area contributed by atoms with Crippen LogP contribution in [0.3, 0.4) is 0 Å². The summed E-state index contributed by atoms with van der Waals surface area (Å²) in [5, 5.41) is 12.6. The first-order chi connectivity index (χ1) is 11.4. The molecule has 3 aromatic heterocycles. The molecule has 1 fully saturated rings. The maximum Gasteiger partial charge on any atom is 0.206 e. The highest BCUT2D eigenvalue weighted by atomic mass is 32.2. The van der Waals surface area contributed by atoms with Crippen LogP contribution in [0.2, 0.25) is 0 Å². The molecular weight excluding hydrogens is 330 g/mol. The molecule has 0 bridgehead atoms. The summed E-state index contributed by atoms with van der Waals surface area (Å²) in [5.74, 6) is 0.794. The highest BCUT2D eigenvalue weighted by Crippen LogP contribution is 2.28. The first kappa shape index (κ1) is 14.9. The summed E-state index contributed by atoms with van der Waals surface area (Å²) in [4.78, 5) is 4.59. The van der Waals surface area contributed by atoms with Gasteiger partial charge >= 0.3 is 0 Å².